The molecular formula is C24H23F3N2. The van der Waals surface area contributed by atoms with Gasteiger partial charge >= 0.3 is 6.18 Å². The number of halogens is 3. The number of fused-ring (bicyclic) bond motifs is 6. The van der Waals surface area contributed by atoms with Crippen LogP contribution in [0.4, 0.5) is 13.2 Å². The first-order chi connectivity index (χ1) is 13.9. The molecule has 2 aliphatic rings. The molecule has 0 saturated carbocycles. The van der Waals surface area contributed by atoms with Crippen LogP contribution in [-0.4, -0.2) is 10.6 Å². The Balaban J connectivity index is 1.63. The van der Waals surface area contributed by atoms with Crippen LogP contribution >= 0.6 is 0 Å². The van der Waals surface area contributed by atoms with E-state index in [0.717, 1.165) is 24.4 Å². The molecule has 2 aromatic carbocycles. The second-order valence-electron chi connectivity index (χ2n) is 8.24. The standard InChI is InChI=1S/C24H23F3N2/c1-15-8-9-21-19(12-15)23-20-7-3-6-18(28-20)14-22(23)29(21)11-10-16-4-2-5-17(13-16)24(25,26)27/h2,4-5,8-13,18,20,28H,3,6-7,14H2,1H3/t18-,20+/m1/s1. The van der Waals surface area contributed by atoms with E-state index in [-0.39, 0.29) is 0 Å². The molecule has 2 atom stereocenters. The molecule has 1 aromatic heterocycles. The summed E-state index contributed by atoms with van der Waals surface area (Å²) in [5.74, 6) is 0. The van der Waals surface area contributed by atoms with Gasteiger partial charge in [-0.2, -0.15) is 13.2 Å². The minimum absolute atomic E-state index is 0.366. The molecule has 0 aliphatic carbocycles. The van der Waals surface area contributed by atoms with Crippen LogP contribution in [0.3, 0.4) is 0 Å². The topological polar surface area (TPSA) is 17.0 Å². The third kappa shape index (κ3) is 3.27. The average molecular weight is 396 g/mol. The van der Waals surface area contributed by atoms with Crippen molar-refractivity contribution in [2.24, 2.45) is 0 Å². The van der Waals surface area contributed by atoms with Gasteiger partial charge in [0.15, 0.2) is 0 Å². The summed E-state index contributed by atoms with van der Waals surface area (Å²) in [5, 5.41) is 5.03. The quantitative estimate of drug-likeness (QED) is 0.535. The Morgan fingerprint density at radius 2 is 1.97 bits per heavy atom. The predicted octanol–water partition coefficient (Wildman–Crippen LogP) is 6.34. The molecule has 2 nitrogen and oxygen atoms in total. The van der Waals surface area contributed by atoms with Crippen LogP contribution in [0.15, 0.2) is 42.5 Å². The van der Waals surface area contributed by atoms with Crippen LogP contribution < -0.4 is 5.32 Å². The second kappa shape index (κ2) is 6.77. The highest BCUT2D eigenvalue weighted by Gasteiger charge is 2.34. The van der Waals surface area contributed by atoms with E-state index in [9.17, 15) is 13.2 Å². The Morgan fingerprint density at radius 3 is 2.79 bits per heavy atom. The first kappa shape index (κ1) is 18.5. The van der Waals surface area contributed by atoms with Crippen molar-refractivity contribution in [3.05, 3.63) is 70.4 Å². The Morgan fingerprint density at radius 1 is 1.10 bits per heavy atom. The van der Waals surface area contributed by atoms with Crippen molar-refractivity contribution in [1.29, 1.82) is 0 Å². The largest absolute Gasteiger partial charge is 0.416 e. The van der Waals surface area contributed by atoms with Gasteiger partial charge in [0.25, 0.3) is 0 Å². The number of nitrogens with zero attached hydrogens (tertiary/aromatic N) is 1. The number of alkyl halides is 3. The fourth-order valence-corrected chi connectivity index (χ4v) is 4.89. The van der Waals surface area contributed by atoms with Gasteiger partial charge in [0.1, 0.15) is 0 Å². The molecule has 5 rings (SSSR count). The van der Waals surface area contributed by atoms with Crippen LogP contribution in [0.2, 0.25) is 0 Å². The number of hydrogen-bond acceptors (Lipinski definition) is 1. The van der Waals surface area contributed by atoms with E-state index in [0.29, 0.717) is 17.6 Å². The van der Waals surface area contributed by atoms with Gasteiger partial charge in [-0.15, -0.1) is 0 Å². The summed E-state index contributed by atoms with van der Waals surface area (Å²) in [6, 6.07) is 12.8. The second-order valence-corrected chi connectivity index (χ2v) is 8.24. The van der Waals surface area contributed by atoms with Crippen LogP contribution in [0.1, 0.15) is 53.3 Å². The molecule has 5 heteroatoms. The van der Waals surface area contributed by atoms with Gasteiger partial charge in [0.05, 0.1) is 11.1 Å². The lowest BCUT2D eigenvalue weighted by Crippen LogP contribution is -2.42. The Kier molecular flexibility index (Phi) is 4.32. The third-order valence-corrected chi connectivity index (χ3v) is 6.20. The van der Waals surface area contributed by atoms with Crippen molar-refractivity contribution in [2.75, 3.05) is 0 Å². The molecule has 3 heterocycles. The van der Waals surface area contributed by atoms with Crippen LogP contribution in [-0.2, 0) is 12.6 Å². The zero-order valence-corrected chi connectivity index (χ0v) is 16.3. The first-order valence-electron chi connectivity index (χ1n) is 10.1. The molecule has 0 amide bonds. The van der Waals surface area contributed by atoms with Crippen molar-refractivity contribution in [3.8, 4) is 0 Å². The van der Waals surface area contributed by atoms with Gasteiger partial charge in [-0.3, -0.25) is 0 Å². The van der Waals surface area contributed by atoms with E-state index < -0.39 is 11.7 Å². The minimum atomic E-state index is -4.33. The van der Waals surface area contributed by atoms with Gasteiger partial charge in [-0.25, -0.2) is 0 Å². The molecule has 3 aromatic rings. The van der Waals surface area contributed by atoms with Crippen LogP contribution in [0.25, 0.3) is 23.2 Å². The molecule has 29 heavy (non-hydrogen) atoms. The highest BCUT2D eigenvalue weighted by molar-refractivity contribution is 5.90. The van der Waals surface area contributed by atoms with Crippen molar-refractivity contribution in [1.82, 2.24) is 9.88 Å². The maximum absolute atomic E-state index is 13.0. The van der Waals surface area contributed by atoms with Crippen LogP contribution in [0.5, 0.6) is 0 Å². The van der Waals surface area contributed by atoms with Gasteiger partial charge in [-0.1, -0.05) is 23.8 Å². The number of rotatable bonds is 2. The maximum atomic E-state index is 13.0. The number of piperidine rings is 1. The minimum Gasteiger partial charge on any atom is -0.320 e. The smallest absolute Gasteiger partial charge is 0.320 e. The molecule has 150 valence electrons. The van der Waals surface area contributed by atoms with Crippen molar-refractivity contribution in [2.45, 2.75) is 50.9 Å². The predicted molar refractivity (Wildman–Crippen MR) is 111 cm³/mol. The summed E-state index contributed by atoms with van der Waals surface area (Å²) < 4.78 is 41.3. The maximum Gasteiger partial charge on any atom is 0.416 e. The van der Waals surface area contributed by atoms with E-state index in [1.807, 2.05) is 6.20 Å². The first-order valence-corrected chi connectivity index (χ1v) is 10.1. The zero-order chi connectivity index (χ0) is 20.2. The van der Waals surface area contributed by atoms with Crippen molar-refractivity contribution < 1.29 is 13.2 Å². The summed E-state index contributed by atoms with van der Waals surface area (Å²) in [6.45, 7) is 2.10. The fraction of sp³-hybridized carbons (Fsp3) is 0.333. The molecule has 1 N–H and O–H groups in total. The Labute approximate surface area is 168 Å². The van der Waals surface area contributed by atoms with Gasteiger partial charge in [0.2, 0.25) is 0 Å². The number of benzene rings is 2. The third-order valence-electron chi connectivity index (χ3n) is 6.20. The van der Waals surface area contributed by atoms with Gasteiger partial charge in [0, 0.05) is 35.8 Å². The molecule has 1 fully saturated rings. The van der Waals surface area contributed by atoms with E-state index in [2.05, 4.69) is 35.0 Å². The van der Waals surface area contributed by atoms with E-state index >= 15 is 0 Å². The highest BCUT2D eigenvalue weighted by atomic mass is 19.4. The summed E-state index contributed by atoms with van der Waals surface area (Å²) >= 11 is 0. The number of nitrogens with one attached hydrogen (secondary N) is 1. The molecule has 2 aliphatic heterocycles. The van der Waals surface area contributed by atoms with Gasteiger partial charge in [-0.05, 0) is 67.7 Å². The normalized spacial score (nSPS) is 21.7. The fourth-order valence-electron chi connectivity index (χ4n) is 4.89. The lowest BCUT2D eigenvalue weighted by atomic mass is 9.84. The lowest BCUT2D eigenvalue weighted by molar-refractivity contribution is -0.137. The Bertz CT molecular complexity index is 1110. The number of hydrogen-bond donors (Lipinski definition) is 1. The van der Waals surface area contributed by atoms with E-state index in [1.165, 1.54) is 47.2 Å². The summed E-state index contributed by atoms with van der Waals surface area (Å²) in [7, 11) is 0. The molecule has 0 radical (unpaired) electrons. The summed E-state index contributed by atoms with van der Waals surface area (Å²) in [5.41, 5.74) is 4.94. The Hall–Kier alpha value is -2.53. The SMILES string of the molecule is Cc1ccc2c(c1)c1c(n2C=Cc2cccc(C(F)(F)F)c2)C[C@H]2CCC[C@@H]1N2. The van der Waals surface area contributed by atoms with E-state index in [4.69, 9.17) is 0 Å². The average Bonchev–Trinajstić information content (AvgIpc) is 2.98. The van der Waals surface area contributed by atoms with Crippen molar-refractivity contribution in [3.63, 3.8) is 0 Å². The molecular weight excluding hydrogens is 373 g/mol. The summed E-state index contributed by atoms with van der Waals surface area (Å²) in [6.07, 6.45) is 3.89. The highest BCUT2D eigenvalue weighted by Crippen LogP contribution is 2.41. The monoisotopic (exact) mass is 396 g/mol. The number of aryl methyl sites for hydroxylation is 1. The van der Waals surface area contributed by atoms with Gasteiger partial charge < -0.3 is 9.88 Å². The van der Waals surface area contributed by atoms with Crippen LogP contribution in [0, 0.1) is 6.92 Å². The van der Waals surface area contributed by atoms with Crippen molar-refractivity contribution >= 4 is 23.2 Å². The lowest BCUT2D eigenvalue weighted by Gasteiger charge is -2.36. The summed E-state index contributed by atoms with van der Waals surface area (Å²) in [4.78, 5) is 0. The van der Waals surface area contributed by atoms with E-state index in [1.54, 1.807) is 12.1 Å². The molecule has 0 unspecified atom stereocenters. The molecule has 2 bridgehead atoms. The molecule has 0 spiro atoms. The molecule has 1 saturated heterocycles. The zero-order valence-electron chi connectivity index (χ0n) is 16.3. The number of aromatic nitrogens is 1.